The maximum absolute atomic E-state index is 13.9. The summed E-state index contributed by atoms with van der Waals surface area (Å²) in [5, 5.41) is 12.9. The molecule has 0 saturated heterocycles. The molecule has 1 saturated carbocycles. The normalized spacial score (nSPS) is 13.7. The fourth-order valence-corrected chi connectivity index (χ4v) is 4.65. The van der Waals surface area contributed by atoms with Crippen LogP contribution in [0.25, 0.3) is 10.8 Å². The number of pyridine rings is 1. The highest BCUT2D eigenvalue weighted by atomic mass is 19.4. The first kappa shape index (κ1) is 27.5. The second kappa shape index (κ2) is 10.5. The largest absolute Gasteiger partial charge is 0.457 e. The molecule has 1 aliphatic carbocycles. The summed E-state index contributed by atoms with van der Waals surface area (Å²) in [4.78, 5) is 42.0. The lowest BCUT2D eigenvalue weighted by Crippen LogP contribution is -2.20. The van der Waals surface area contributed by atoms with E-state index in [-0.39, 0.29) is 42.0 Å². The molecule has 0 radical (unpaired) electrons. The quantitative estimate of drug-likeness (QED) is 0.254. The van der Waals surface area contributed by atoms with E-state index in [1.54, 1.807) is 42.5 Å². The Bertz CT molecular complexity index is 1750. The third kappa shape index (κ3) is 5.39. The topological polar surface area (TPSA) is 109 Å². The lowest BCUT2D eigenvalue weighted by atomic mass is 9.90. The number of Topliss-reactive ketones (excluding diaryl/α,β-unsaturated/α-hetero) is 2. The van der Waals surface area contributed by atoms with Crippen LogP contribution in [0, 0.1) is 16.7 Å². The van der Waals surface area contributed by atoms with Crippen molar-refractivity contribution in [1.29, 1.82) is 5.26 Å². The summed E-state index contributed by atoms with van der Waals surface area (Å²) in [6.07, 6.45) is -3.30. The van der Waals surface area contributed by atoms with Crippen LogP contribution < -0.4 is 10.1 Å². The maximum Gasteiger partial charge on any atom is 0.417 e. The molecule has 206 valence electrons. The minimum Gasteiger partial charge on any atom is -0.457 e. The molecule has 4 aromatic rings. The Kier molecular flexibility index (Phi) is 7.05. The van der Waals surface area contributed by atoms with Crippen molar-refractivity contribution < 1.29 is 32.3 Å². The molecule has 0 spiro atoms. The van der Waals surface area contributed by atoms with E-state index in [0.717, 1.165) is 12.1 Å². The van der Waals surface area contributed by atoms with Gasteiger partial charge in [-0.2, -0.15) is 18.4 Å². The van der Waals surface area contributed by atoms with Crippen LogP contribution in [-0.2, 0) is 12.6 Å². The first-order chi connectivity index (χ1) is 19.6. The van der Waals surface area contributed by atoms with Gasteiger partial charge in [-0.15, -0.1) is 0 Å². The fraction of sp³-hybridized carbons (Fsp3) is 0.194. The molecule has 1 amide bonds. The average Bonchev–Trinajstić information content (AvgIpc) is 3.77. The van der Waals surface area contributed by atoms with Gasteiger partial charge in [-0.05, 0) is 42.0 Å². The number of rotatable bonds is 8. The molecular formula is C31H22F3N3O4. The highest BCUT2D eigenvalue weighted by Crippen LogP contribution is 2.49. The number of hydrogen-bond acceptors (Lipinski definition) is 6. The lowest BCUT2D eigenvalue weighted by molar-refractivity contribution is -0.138. The van der Waals surface area contributed by atoms with Gasteiger partial charge in [0.15, 0.2) is 11.6 Å². The van der Waals surface area contributed by atoms with Crippen LogP contribution >= 0.6 is 0 Å². The summed E-state index contributed by atoms with van der Waals surface area (Å²) < 4.78 is 47.8. The maximum atomic E-state index is 13.9. The minimum absolute atomic E-state index is 0.0867. The predicted octanol–water partition coefficient (Wildman–Crippen LogP) is 6.32. The van der Waals surface area contributed by atoms with Crippen molar-refractivity contribution in [3.8, 4) is 17.6 Å². The number of nitriles is 1. The van der Waals surface area contributed by atoms with Gasteiger partial charge in [-0.1, -0.05) is 42.5 Å². The molecule has 1 heterocycles. The summed E-state index contributed by atoms with van der Waals surface area (Å²) in [5.74, 6) is -0.907. The monoisotopic (exact) mass is 557 g/mol. The van der Waals surface area contributed by atoms with Crippen molar-refractivity contribution in [2.45, 2.75) is 25.4 Å². The van der Waals surface area contributed by atoms with Crippen LogP contribution in [0.2, 0.25) is 0 Å². The Morgan fingerprint density at radius 3 is 2.41 bits per heavy atom. The van der Waals surface area contributed by atoms with E-state index in [1.165, 1.54) is 25.4 Å². The number of benzene rings is 3. The van der Waals surface area contributed by atoms with Crippen LogP contribution in [0.5, 0.6) is 11.5 Å². The molecule has 3 aromatic carbocycles. The van der Waals surface area contributed by atoms with Gasteiger partial charge >= 0.3 is 6.18 Å². The number of carbonyl (C=O) groups is 3. The zero-order chi connectivity index (χ0) is 29.4. The van der Waals surface area contributed by atoms with Gasteiger partial charge in [-0.3, -0.25) is 19.4 Å². The molecule has 1 fully saturated rings. The van der Waals surface area contributed by atoms with E-state index in [2.05, 4.69) is 10.3 Å². The van der Waals surface area contributed by atoms with Gasteiger partial charge in [0.1, 0.15) is 22.6 Å². The summed E-state index contributed by atoms with van der Waals surface area (Å²) >= 11 is 0. The number of nitrogens with zero attached hydrogens (tertiary/aromatic N) is 2. The Morgan fingerprint density at radius 1 is 1.00 bits per heavy atom. The average molecular weight is 558 g/mol. The molecule has 0 unspecified atom stereocenters. The fourth-order valence-electron chi connectivity index (χ4n) is 4.65. The van der Waals surface area contributed by atoms with E-state index in [9.17, 15) is 32.8 Å². The molecule has 10 heteroatoms. The van der Waals surface area contributed by atoms with Crippen molar-refractivity contribution in [3.05, 3.63) is 101 Å². The second-order valence-corrected chi connectivity index (χ2v) is 9.72. The Labute approximate surface area is 232 Å². The number of halogens is 3. The smallest absolute Gasteiger partial charge is 0.417 e. The molecule has 0 bridgehead atoms. The van der Waals surface area contributed by atoms with Crippen molar-refractivity contribution >= 4 is 28.2 Å². The van der Waals surface area contributed by atoms with Crippen LogP contribution in [0.3, 0.4) is 0 Å². The molecule has 7 nitrogen and oxygen atoms in total. The number of hydrogen-bond donors (Lipinski definition) is 1. The predicted molar refractivity (Wildman–Crippen MR) is 143 cm³/mol. The number of carbonyl (C=O) groups excluding carboxylic acids is 3. The van der Waals surface area contributed by atoms with Crippen LogP contribution in [0.15, 0.2) is 72.9 Å². The number of ether oxygens (including phenoxy) is 1. The number of nitrogens with one attached hydrogen (secondary N) is 1. The molecular weight excluding hydrogens is 535 g/mol. The van der Waals surface area contributed by atoms with Crippen molar-refractivity contribution in [1.82, 2.24) is 10.3 Å². The van der Waals surface area contributed by atoms with Crippen molar-refractivity contribution in [2.75, 3.05) is 7.05 Å². The van der Waals surface area contributed by atoms with Gasteiger partial charge in [0.2, 0.25) is 0 Å². The Morgan fingerprint density at radius 2 is 1.73 bits per heavy atom. The Hall–Kier alpha value is -5.04. The Balaban J connectivity index is 1.45. The van der Waals surface area contributed by atoms with Crippen LogP contribution in [0.1, 0.15) is 55.2 Å². The first-order valence-corrected chi connectivity index (χ1v) is 12.6. The van der Waals surface area contributed by atoms with Gasteiger partial charge in [0, 0.05) is 42.2 Å². The highest BCUT2D eigenvalue weighted by molar-refractivity contribution is 6.10. The molecule has 1 aromatic heterocycles. The molecule has 1 aliphatic rings. The standard InChI is InChI=1S/C31H22F3N3O4/c1-36-29(40)25-16-19(10-13-37-25)41-27-7-3-4-20-21(5-2-6-22(20)27)26(38)15-18-8-9-23(24(14-18)31(32,33)34)28(39)30(17-35)11-12-30/h2-10,13-14,16H,11-12,15H2,1H3,(H,36,40). The van der Waals surface area contributed by atoms with E-state index in [4.69, 9.17) is 4.74 Å². The molecule has 5 rings (SSSR count). The van der Waals surface area contributed by atoms with E-state index >= 15 is 0 Å². The number of aromatic nitrogens is 1. The van der Waals surface area contributed by atoms with Gasteiger partial charge < -0.3 is 10.1 Å². The highest BCUT2D eigenvalue weighted by Gasteiger charge is 2.52. The van der Waals surface area contributed by atoms with E-state index in [1.807, 2.05) is 6.07 Å². The number of fused-ring (bicyclic) bond motifs is 1. The molecule has 1 N–H and O–H groups in total. The van der Waals surface area contributed by atoms with Gasteiger partial charge in [0.25, 0.3) is 5.91 Å². The molecule has 41 heavy (non-hydrogen) atoms. The van der Waals surface area contributed by atoms with Crippen molar-refractivity contribution in [2.24, 2.45) is 5.41 Å². The van der Waals surface area contributed by atoms with E-state index < -0.39 is 34.3 Å². The van der Waals surface area contributed by atoms with Gasteiger partial charge in [0.05, 0.1) is 11.6 Å². The zero-order valence-corrected chi connectivity index (χ0v) is 21.7. The minimum atomic E-state index is -4.84. The van der Waals surface area contributed by atoms with Crippen molar-refractivity contribution in [3.63, 3.8) is 0 Å². The van der Waals surface area contributed by atoms with Gasteiger partial charge in [-0.25, -0.2) is 0 Å². The van der Waals surface area contributed by atoms with E-state index in [0.29, 0.717) is 22.3 Å². The molecule has 0 aliphatic heterocycles. The lowest BCUT2D eigenvalue weighted by Gasteiger charge is -2.16. The molecule has 0 atom stereocenters. The third-order valence-corrected chi connectivity index (χ3v) is 7.00. The summed E-state index contributed by atoms with van der Waals surface area (Å²) in [6.45, 7) is 0. The number of alkyl halides is 3. The summed E-state index contributed by atoms with van der Waals surface area (Å²) in [6, 6.07) is 18.1. The summed E-state index contributed by atoms with van der Waals surface area (Å²) in [7, 11) is 1.48. The SMILES string of the molecule is CNC(=O)c1cc(Oc2cccc3c(C(=O)Cc4ccc(C(=O)C5(C#N)CC5)c(C(F)(F)F)c4)cccc23)ccn1. The number of ketones is 2. The second-order valence-electron chi connectivity index (χ2n) is 9.72. The van der Waals surface area contributed by atoms with Crippen LogP contribution in [0.4, 0.5) is 13.2 Å². The van der Waals surface area contributed by atoms with Crippen LogP contribution in [-0.4, -0.2) is 29.5 Å². The first-order valence-electron chi connectivity index (χ1n) is 12.6. The third-order valence-electron chi connectivity index (χ3n) is 7.00. The number of amides is 1. The zero-order valence-electron chi connectivity index (χ0n) is 21.7. The summed E-state index contributed by atoms with van der Waals surface area (Å²) in [5.41, 5.74) is -2.59.